The highest BCUT2D eigenvalue weighted by Crippen LogP contribution is 2.20. The van der Waals surface area contributed by atoms with E-state index in [0.717, 1.165) is 31.2 Å². The van der Waals surface area contributed by atoms with Crippen molar-refractivity contribution in [1.82, 2.24) is 15.7 Å². The Morgan fingerprint density at radius 2 is 1.69 bits per heavy atom. The first-order valence-electron chi connectivity index (χ1n) is 9.58. The third kappa shape index (κ3) is 5.97. The number of carbonyl (C=O) groups is 3. The number of hydrogen-bond donors (Lipinski definition) is 3. The molecule has 2 aromatic rings. The summed E-state index contributed by atoms with van der Waals surface area (Å²) in [4.78, 5) is 40.7. The molecule has 0 aliphatic heterocycles. The molecular formula is C21H23N5O3. The third-order valence-electron chi connectivity index (χ3n) is 4.65. The number of anilines is 1. The van der Waals surface area contributed by atoms with E-state index < -0.39 is 11.8 Å². The van der Waals surface area contributed by atoms with Gasteiger partial charge in [0.25, 0.3) is 5.91 Å². The van der Waals surface area contributed by atoms with E-state index in [1.807, 2.05) is 0 Å². The summed E-state index contributed by atoms with van der Waals surface area (Å²) in [6, 6.07) is 10.2. The van der Waals surface area contributed by atoms with Crippen LogP contribution in [0.25, 0.3) is 0 Å². The van der Waals surface area contributed by atoms with Crippen molar-refractivity contribution >= 4 is 29.6 Å². The predicted octanol–water partition coefficient (Wildman–Crippen LogP) is 2.23. The largest absolute Gasteiger partial charge is 0.349 e. The van der Waals surface area contributed by atoms with E-state index in [1.54, 1.807) is 48.8 Å². The van der Waals surface area contributed by atoms with Gasteiger partial charge in [0.2, 0.25) is 0 Å². The lowest BCUT2D eigenvalue weighted by Crippen LogP contribution is -2.37. The van der Waals surface area contributed by atoms with E-state index in [0.29, 0.717) is 5.56 Å². The molecule has 1 aromatic heterocycles. The van der Waals surface area contributed by atoms with Gasteiger partial charge in [-0.1, -0.05) is 31.4 Å². The van der Waals surface area contributed by atoms with Gasteiger partial charge in [0.15, 0.2) is 0 Å². The second-order valence-corrected chi connectivity index (χ2v) is 6.79. The monoisotopic (exact) mass is 393 g/mol. The lowest BCUT2D eigenvalue weighted by Gasteiger charge is -2.23. The Hall–Kier alpha value is -3.55. The molecule has 1 heterocycles. The fraction of sp³-hybridized carbons (Fsp3) is 0.286. The van der Waals surface area contributed by atoms with Crippen molar-refractivity contribution in [3.05, 3.63) is 59.9 Å². The van der Waals surface area contributed by atoms with E-state index in [-0.39, 0.29) is 17.6 Å². The van der Waals surface area contributed by atoms with Gasteiger partial charge in [0, 0.05) is 18.4 Å². The maximum atomic E-state index is 12.6. The highest BCUT2D eigenvalue weighted by Gasteiger charge is 2.20. The topological polar surface area (TPSA) is 113 Å². The minimum Gasteiger partial charge on any atom is -0.349 e. The van der Waals surface area contributed by atoms with Crippen molar-refractivity contribution < 1.29 is 14.4 Å². The van der Waals surface area contributed by atoms with Crippen molar-refractivity contribution in [3.8, 4) is 0 Å². The minimum absolute atomic E-state index is 0.144. The van der Waals surface area contributed by atoms with E-state index in [1.165, 1.54) is 12.6 Å². The van der Waals surface area contributed by atoms with Gasteiger partial charge in [-0.2, -0.15) is 5.10 Å². The molecule has 3 amide bonds. The van der Waals surface area contributed by atoms with Gasteiger partial charge in [-0.15, -0.1) is 0 Å². The van der Waals surface area contributed by atoms with Gasteiger partial charge in [0.1, 0.15) is 0 Å². The van der Waals surface area contributed by atoms with Crippen LogP contribution in [0.15, 0.2) is 53.9 Å². The molecule has 3 rings (SSSR count). The molecule has 1 saturated carbocycles. The van der Waals surface area contributed by atoms with Gasteiger partial charge in [-0.05, 0) is 42.7 Å². The molecular weight excluding hydrogens is 370 g/mol. The molecule has 29 heavy (non-hydrogen) atoms. The zero-order chi connectivity index (χ0) is 20.5. The molecule has 0 atom stereocenters. The number of hydrogen-bond acceptors (Lipinski definition) is 5. The molecule has 1 fully saturated rings. The maximum Gasteiger partial charge on any atom is 0.329 e. The number of nitrogens with one attached hydrogen (secondary N) is 3. The summed E-state index contributed by atoms with van der Waals surface area (Å²) in [7, 11) is 0. The van der Waals surface area contributed by atoms with Crippen molar-refractivity contribution in [2.24, 2.45) is 5.10 Å². The maximum absolute atomic E-state index is 12.6. The minimum atomic E-state index is -0.933. The lowest BCUT2D eigenvalue weighted by molar-refractivity contribution is -0.136. The van der Waals surface area contributed by atoms with E-state index in [4.69, 9.17) is 0 Å². The molecule has 0 saturated heterocycles. The summed E-state index contributed by atoms with van der Waals surface area (Å²) in [6.07, 6.45) is 9.88. The first-order chi connectivity index (χ1) is 14.1. The third-order valence-corrected chi connectivity index (χ3v) is 4.65. The number of pyridine rings is 1. The highest BCUT2D eigenvalue weighted by atomic mass is 16.2. The molecule has 1 aliphatic carbocycles. The molecule has 8 heteroatoms. The van der Waals surface area contributed by atoms with Crippen molar-refractivity contribution in [2.45, 2.75) is 38.1 Å². The fourth-order valence-corrected chi connectivity index (χ4v) is 3.14. The van der Waals surface area contributed by atoms with E-state index in [9.17, 15) is 14.4 Å². The van der Waals surface area contributed by atoms with Crippen LogP contribution >= 0.6 is 0 Å². The number of carbonyl (C=O) groups excluding carboxylic acids is 3. The van der Waals surface area contributed by atoms with Crippen LogP contribution in [-0.4, -0.2) is 35.0 Å². The SMILES string of the molecule is O=C(NN=Cc1ccncc1)C(=O)Nc1ccccc1C(=O)NC1CCCCC1. The van der Waals surface area contributed by atoms with Crippen molar-refractivity contribution in [2.75, 3.05) is 5.32 Å². The number of para-hydroxylation sites is 1. The van der Waals surface area contributed by atoms with Crippen LogP contribution in [0.1, 0.15) is 48.0 Å². The zero-order valence-corrected chi connectivity index (χ0v) is 15.9. The van der Waals surface area contributed by atoms with Gasteiger partial charge < -0.3 is 10.6 Å². The lowest BCUT2D eigenvalue weighted by atomic mass is 9.95. The number of rotatable bonds is 5. The van der Waals surface area contributed by atoms with Crippen LogP contribution in [0.5, 0.6) is 0 Å². The molecule has 0 radical (unpaired) electrons. The van der Waals surface area contributed by atoms with Gasteiger partial charge in [-0.3, -0.25) is 19.4 Å². The van der Waals surface area contributed by atoms with Crippen LogP contribution in [0.2, 0.25) is 0 Å². The Bertz CT molecular complexity index is 892. The van der Waals surface area contributed by atoms with E-state index in [2.05, 4.69) is 26.1 Å². The Balaban J connectivity index is 1.59. The molecule has 1 aromatic carbocycles. The average Bonchev–Trinajstić information content (AvgIpc) is 2.75. The zero-order valence-electron chi connectivity index (χ0n) is 15.9. The Morgan fingerprint density at radius 3 is 2.45 bits per heavy atom. The van der Waals surface area contributed by atoms with Crippen LogP contribution in [-0.2, 0) is 9.59 Å². The summed E-state index contributed by atoms with van der Waals surface area (Å²) in [6.45, 7) is 0. The normalized spacial score (nSPS) is 14.3. The van der Waals surface area contributed by atoms with Gasteiger partial charge in [0.05, 0.1) is 17.5 Å². The molecule has 0 bridgehead atoms. The summed E-state index contributed by atoms with van der Waals surface area (Å²) in [5, 5.41) is 9.24. The summed E-state index contributed by atoms with van der Waals surface area (Å²) in [5.74, 6) is -2.10. The quantitative estimate of drug-likeness (QED) is 0.411. The van der Waals surface area contributed by atoms with Crippen LogP contribution in [0.4, 0.5) is 5.69 Å². The van der Waals surface area contributed by atoms with Crippen molar-refractivity contribution in [3.63, 3.8) is 0 Å². The Morgan fingerprint density at radius 1 is 0.966 bits per heavy atom. The number of hydrazone groups is 1. The second kappa shape index (κ2) is 10.1. The molecule has 1 aliphatic rings. The number of benzene rings is 1. The van der Waals surface area contributed by atoms with E-state index >= 15 is 0 Å². The molecule has 150 valence electrons. The Labute approximate surface area is 168 Å². The fourth-order valence-electron chi connectivity index (χ4n) is 3.14. The Kier molecular flexibility index (Phi) is 7.05. The van der Waals surface area contributed by atoms with Gasteiger partial charge >= 0.3 is 11.8 Å². The molecule has 3 N–H and O–H groups in total. The predicted molar refractivity (Wildman–Crippen MR) is 109 cm³/mol. The smallest absolute Gasteiger partial charge is 0.329 e. The van der Waals surface area contributed by atoms with Crippen LogP contribution in [0, 0.1) is 0 Å². The molecule has 0 spiro atoms. The summed E-state index contributed by atoms with van der Waals surface area (Å²) >= 11 is 0. The highest BCUT2D eigenvalue weighted by molar-refractivity contribution is 6.40. The van der Waals surface area contributed by atoms with Crippen molar-refractivity contribution in [1.29, 1.82) is 0 Å². The number of nitrogens with zero attached hydrogens (tertiary/aromatic N) is 2. The number of amides is 3. The van der Waals surface area contributed by atoms with Crippen LogP contribution in [0.3, 0.4) is 0 Å². The summed E-state index contributed by atoms with van der Waals surface area (Å²) < 4.78 is 0. The first kappa shape index (κ1) is 20.2. The molecule has 0 unspecified atom stereocenters. The molecule has 8 nitrogen and oxygen atoms in total. The standard InChI is InChI=1S/C21H23N5O3/c27-19(24-16-6-2-1-3-7-16)17-8-4-5-9-18(17)25-20(28)21(29)26-23-14-15-10-12-22-13-11-15/h4-5,8-14,16H,1-3,6-7H2,(H,24,27)(H,25,28)(H,26,29). The average molecular weight is 393 g/mol. The first-order valence-corrected chi connectivity index (χ1v) is 9.58. The van der Waals surface area contributed by atoms with Crippen LogP contribution < -0.4 is 16.1 Å². The number of aromatic nitrogens is 1. The van der Waals surface area contributed by atoms with Gasteiger partial charge in [-0.25, -0.2) is 5.43 Å². The summed E-state index contributed by atoms with van der Waals surface area (Å²) in [5.41, 5.74) is 3.49. The second-order valence-electron chi connectivity index (χ2n) is 6.79.